The number of carbonyl (C=O) groups is 2. The SMILES string of the molecule is CCC(=O)/C=C/c1cc2cc(C(=O)N(C)CCN(C)C)[nH]c2[nH]1. The fraction of sp³-hybridized carbons (Fsp3) is 0.412. The second-order valence-corrected chi connectivity index (χ2v) is 5.92. The number of carbonyl (C=O) groups excluding carboxylic acids is 2. The zero-order chi connectivity index (χ0) is 17.0. The molecule has 0 saturated heterocycles. The lowest BCUT2D eigenvalue weighted by molar-refractivity contribution is -0.114. The van der Waals surface area contributed by atoms with Crippen molar-refractivity contribution in [2.24, 2.45) is 0 Å². The van der Waals surface area contributed by atoms with Crippen molar-refractivity contribution in [3.05, 3.63) is 29.6 Å². The van der Waals surface area contributed by atoms with Gasteiger partial charge >= 0.3 is 0 Å². The number of likely N-dealkylation sites (N-methyl/N-ethyl adjacent to an activating group) is 2. The van der Waals surface area contributed by atoms with Gasteiger partial charge in [-0.1, -0.05) is 6.92 Å². The smallest absolute Gasteiger partial charge is 0.270 e. The lowest BCUT2D eigenvalue weighted by atomic mass is 10.2. The molecule has 0 fully saturated rings. The summed E-state index contributed by atoms with van der Waals surface area (Å²) in [5, 5.41) is 0.929. The van der Waals surface area contributed by atoms with Gasteiger partial charge in [0.15, 0.2) is 5.78 Å². The molecular weight excluding hydrogens is 292 g/mol. The zero-order valence-electron chi connectivity index (χ0n) is 14.1. The zero-order valence-corrected chi connectivity index (χ0v) is 14.1. The average Bonchev–Trinajstić information content (AvgIpc) is 3.07. The van der Waals surface area contributed by atoms with Crippen molar-refractivity contribution in [1.29, 1.82) is 0 Å². The molecule has 0 bridgehead atoms. The van der Waals surface area contributed by atoms with Crippen LogP contribution in [0.4, 0.5) is 0 Å². The average molecular weight is 316 g/mol. The molecule has 2 aromatic heterocycles. The molecule has 2 rings (SSSR count). The summed E-state index contributed by atoms with van der Waals surface area (Å²) < 4.78 is 0. The first-order valence-corrected chi connectivity index (χ1v) is 7.73. The molecule has 6 heteroatoms. The summed E-state index contributed by atoms with van der Waals surface area (Å²) in [7, 11) is 5.76. The topological polar surface area (TPSA) is 72.2 Å². The van der Waals surface area contributed by atoms with Crippen LogP contribution in [0.5, 0.6) is 0 Å². The van der Waals surface area contributed by atoms with Crippen LogP contribution in [-0.2, 0) is 4.79 Å². The van der Waals surface area contributed by atoms with Crippen LogP contribution in [-0.4, -0.2) is 65.7 Å². The number of amides is 1. The van der Waals surface area contributed by atoms with E-state index in [0.717, 1.165) is 23.3 Å². The highest BCUT2D eigenvalue weighted by Gasteiger charge is 2.15. The summed E-state index contributed by atoms with van der Waals surface area (Å²) in [6, 6.07) is 3.75. The molecule has 2 heterocycles. The van der Waals surface area contributed by atoms with Crippen LogP contribution in [0, 0.1) is 0 Å². The molecule has 0 spiro atoms. The van der Waals surface area contributed by atoms with Crippen molar-refractivity contribution in [1.82, 2.24) is 19.8 Å². The van der Waals surface area contributed by atoms with Gasteiger partial charge in [0.05, 0.1) is 0 Å². The predicted molar refractivity (Wildman–Crippen MR) is 92.5 cm³/mol. The second kappa shape index (κ2) is 7.28. The van der Waals surface area contributed by atoms with Crippen molar-refractivity contribution in [2.75, 3.05) is 34.2 Å². The third-order valence-electron chi connectivity index (χ3n) is 3.69. The van der Waals surface area contributed by atoms with Crippen molar-refractivity contribution in [3.8, 4) is 0 Å². The molecule has 124 valence electrons. The fourth-order valence-electron chi connectivity index (χ4n) is 2.20. The first-order valence-electron chi connectivity index (χ1n) is 7.73. The molecule has 2 aromatic rings. The van der Waals surface area contributed by atoms with Gasteiger partial charge in [0, 0.05) is 37.6 Å². The van der Waals surface area contributed by atoms with Crippen LogP contribution >= 0.6 is 0 Å². The van der Waals surface area contributed by atoms with Gasteiger partial charge in [-0.2, -0.15) is 0 Å². The van der Waals surface area contributed by atoms with E-state index in [1.165, 1.54) is 0 Å². The molecule has 6 nitrogen and oxygen atoms in total. The van der Waals surface area contributed by atoms with Gasteiger partial charge in [-0.25, -0.2) is 0 Å². The maximum atomic E-state index is 12.4. The van der Waals surface area contributed by atoms with E-state index in [-0.39, 0.29) is 11.7 Å². The van der Waals surface area contributed by atoms with E-state index in [0.29, 0.717) is 18.7 Å². The number of fused-ring (bicyclic) bond motifs is 1. The van der Waals surface area contributed by atoms with E-state index in [1.807, 2.05) is 38.1 Å². The lowest BCUT2D eigenvalue weighted by Crippen LogP contribution is -2.33. The van der Waals surface area contributed by atoms with Crippen LogP contribution in [0.2, 0.25) is 0 Å². The van der Waals surface area contributed by atoms with Crippen LogP contribution in [0.15, 0.2) is 18.2 Å². The number of hydrogen-bond acceptors (Lipinski definition) is 3. The Bertz CT molecular complexity index is 693. The molecule has 0 saturated carbocycles. The molecule has 0 radical (unpaired) electrons. The Balaban J connectivity index is 2.09. The first kappa shape index (κ1) is 17.0. The molecule has 0 aliphatic carbocycles. The Morgan fingerprint density at radius 2 is 1.87 bits per heavy atom. The number of nitrogens with zero attached hydrogens (tertiary/aromatic N) is 2. The first-order chi connectivity index (χ1) is 10.9. The molecule has 0 aliphatic heterocycles. The van der Waals surface area contributed by atoms with E-state index in [1.54, 1.807) is 24.1 Å². The number of allylic oxidation sites excluding steroid dienone is 1. The quantitative estimate of drug-likeness (QED) is 0.769. The summed E-state index contributed by atoms with van der Waals surface area (Å²) in [4.78, 5) is 33.7. The van der Waals surface area contributed by atoms with Crippen molar-refractivity contribution in [3.63, 3.8) is 0 Å². The number of rotatable bonds is 7. The van der Waals surface area contributed by atoms with Gasteiger partial charge < -0.3 is 19.8 Å². The van der Waals surface area contributed by atoms with E-state index in [2.05, 4.69) is 9.97 Å². The summed E-state index contributed by atoms with van der Waals surface area (Å²) in [5.41, 5.74) is 2.19. The molecule has 0 aromatic carbocycles. The molecule has 0 atom stereocenters. The Morgan fingerprint density at radius 1 is 1.13 bits per heavy atom. The molecule has 1 amide bonds. The van der Waals surface area contributed by atoms with Crippen LogP contribution in [0.3, 0.4) is 0 Å². The monoisotopic (exact) mass is 316 g/mol. The van der Waals surface area contributed by atoms with Gasteiger partial charge in [-0.3, -0.25) is 9.59 Å². The minimum absolute atomic E-state index is 0.0327. The van der Waals surface area contributed by atoms with E-state index in [9.17, 15) is 9.59 Å². The second-order valence-electron chi connectivity index (χ2n) is 5.92. The maximum Gasteiger partial charge on any atom is 0.270 e. The highest BCUT2D eigenvalue weighted by molar-refractivity contribution is 5.98. The number of hydrogen-bond donors (Lipinski definition) is 2. The summed E-state index contributed by atoms with van der Waals surface area (Å²) in [6.07, 6.45) is 3.81. The van der Waals surface area contributed by atoms with Gasteiger partial charge in [0.2, 0.25) is 0 Å². The molecule has 0 unspecified atom stereocenters. The van der Waals surface area contributed by atoms with Gasteiger partial charge in [-0.05, 0) is 38.4 Å². The Hall–Kier alpha value is -2.34. The third kappa shape index (κ3) is 4.32. The Kier molecular flexibility index (Phi) is 5.39. The molecular formula is C17H24N4O2. The molecule has 0 aliphatic rings. The maximum absolute atomic E-state index is 12.4. The Labute approximate surface area is 136 Å². The lowest BCUT2D eigenvalue weighted by Gasteiger charge is -2.18. The van der Waals surface area contributed by atoms with Gasteiger partial charge in [0.1, 0.15) is 11.3 Å². The fourth-order valence-corrected chi connectivity index (χ4v) is 2.20. The highest BCUT2D eigenvalue weighted by atomic mass is 16.2. The highest BCUT2D eigenvalue weighted by Crippen LogP contribution is 2.18. The number of aromatic amines is 2. The third-order valence-corrected chi connectivity index (χ3v) is 3.69. The van der Waals surface area contributed by atoms with Crippen LogP contribution < -0.4 is 0 Å². The van der Waals surface area contributed by atoms with E-state index in [4.69, 9.17) is 0 Å². The largest absolute Gasteiger partial charge is 0.341 e. The molecule has 23 heavy (non-hydrogen) atoms. The van der Waals surface area contributed by atoms with Gasteiger partial charge in [0.25, 0.3) is 5.91 Å². The Morgan fingerprint density at radius 3 is 2.48 bits per heavy atom. The standard InChI is InChI=1S/C17H24N4O2/c1-5-14(22)7-6-13-10-12-11-15(19-16(12)18-13)17(23)21(4)9-8-20(2)3/h6-7,10-11,18-19H,5,8-9H2,1-4H3/b7-6+. The van der Waals surface area contributed by atoms with Crippen molar-refractivity contribution < 1.29 is 9.59 Å². The van der Waals surface area contributed by atoms with Gasteiger partial charge in [-0.15, -0.1) is 0 Å². The number of aromatic nitrogens is 2. The molecule has 2 N–H and O–H groups in total. The summed E-state index contributed by atoms with van der Waals surface area (Å²) >= 11 is 0. The van der Waals surface area contributed by atoms with Crippen LogP contribution in [0.25, 0.3) is 17.1 Å². The minimum atomic E-state index is -0.0327. The summed E-state index contributed by atoms with van der Waals surface area (Å²) in [5.74, 6) is 0.0522. The number of ketones is 1. The van der Waals surface area contributed by atoms with E-state index >= 15 is 0 Å². The number of H-pyrrole nitrogens is 2. The minimum Gasteiger partial charge on any atom is -0.341 e. The van der Waals surface area contributed by atoms with Crippen LogP contribution in [0.1, 0.15) is 29.5 Å². The predicted octanol–water partition coefficient (Wildman–Crippen LogP) is 2.12. The number of nitrogens with one attached hydrogen (secondary N) is 2. The van der Waals surface area contributed by atoms with Crippen molar-refractivity contribution in [2.45, 2.75) is 13.3 Å². The normalized spacial score (nSPS) is 11.7. The van der Waals surface area contributed by atoms with Crippen molar-refractivity contribution >= 4 is 28.8 Å². The summed E-state index contributed by atoms with van der Waals surface area (Å²) in [6.45, 7) is 3.32. The van der Waals surface area contributed by atoms with E-state index < -0.39 is 0 Å².